The molecule has 4 rings (SSSR count). The van der Waals surface area contributed by atoms with E-state index in [-0.39, 0.29) is 53.5 Å². The Balaban J connectivity index is 0.000000902. The Morgan fingerprint density at radius 2 is 2.00 bits per heavy atom. The number of Topliss-reactive ketones (excluding diaryl/α,β-unsaturated/α-hetero) is 2. The van der Waals surface area contributed by atoms with Crippen LogP contribution in [-0.4, -0.2) is 23.3 Å². The Morgan fingerprint density at radius 1 is 1.35 bits per heavy atom. The number of rotatable bonds is 0. The van der Waals surface area contributed by atoms with Crippen LogP contribution in [0.3, 0.4) is 0 Å². The number of allylic oxidation sites excluding steroid dienone is 1. The summed E-state index contributed by atoms with van der Waals surface area (Å²) in [4.78, 5) is 24.4. The van der Waals surface area contributed by atoms with E-state index in [1.165, 1.54) is 0 Å². The zero-order valence-corrected chi connectivity index (χ0v) is 11.3. The molecule has 0 aromatic carbocycles. The standard InChI is InChI=1S/C13H14O3.V/c1-6-5-7-8(9(6)14)12(2)13(3-4-13)11(15)10(7)16-12;/h5,7-8,10H,3-4H2,1-2H3;. The van der Waals surface area contributed by atoms with Crippen LogP contribution in [0.25, 0.3) is 0 Å². The molecule has 3 nitrogen and oxygen atoms in total. The van der Waals surface area contributed by atoms with Gasteiger partial charge in [-0.15, -0.1) is 0 Å². The number of ether oxygens (including phenoxy) is 1. The predicted molar refractivity (Wildman–Crippen MR) is 55.7 cm³/mol. The van der Waals surface area contributed by atoms with Crippen molar-refractivity contribution in [3.8, 4) is 0 Å². The quantitative estimate of drug-likeness (QED) is 0.665. The van der Waals surface area contributed by atoms with E-state index < -0.39 is 5.60 Å². The van der Waals surface area contributed by atoms with Crippen LogP contribution in [0.1, 0.15) is 26.7 Å². The summed E-state index contributed by atoms with van der Waals surface area (Å²) in [6.07, 6.45) is 3.44. The predicted octanol–water partition coefficient (Wildman–Crippen LogP) is 1.27. The molecule has 17 heavy (non-hydrogen) atoms. The second kappa shape index (κ2) is 2.96. The van der Waals surface area contributed by atoms with Gasteiger partial charge in [-0.1, -0.05) is 6.08 Å². The maximum Gasteiger partial charge on any atom is 0.171 e. The van der Waals surface area contributed by atoms with Crippen molar-refractivity contribution in [2.24, 2.45) is 17.3 Å². The minimum atomic E-state index is -0.509. The third-order valence-electron chi connectivity index (χ3n) is 5.24. The van der Waals surface area contributed by atoms with Gasteiger partial charge in [0.05, 0.1) is 16.9 Å². The first-order valence-corrected chi connectivity index (χ1v) is 5.96. The molecule has 2 saturated heterocycles. The van der Waals surface area contributed by atoms with Crippen molar-refractivity contribution in [1.29, 1.82) is 0 Å². The van der Waals surface area contributed by atoms with Crippen LogP contribution >= 0.6 is 0 Å². The molecule has 1 saturated carbocycles. The Labute approximate surface area is 112 Å². The van der Waals surface area contributed by atoms with E-state index in [4.69, 9.17) is 4.74 Å². The molecule has 4 heteroatoms. The summed E-state index contributed by atoms with van der Waals surface area (Å²) in [5.74, 6) is 0.401. The Bertz CT molecular complexity index is 477. The molecule has 4 unspecified atom stereocenters. The average Bonchev–Trinajstić information content (AvgIpc) is 2.87. The smallest absolute Gasteiger partial charge is 0.171 e. The van der Waals surface area contributed by atoms with E-state index in [9.17, 15) is 9.59 Å². The molecule has 4 aliphatic rings. The van der Waals surface area contributed by atoms with Crippen molar-refractivity contribution in [3.05, 3.63) is 11.6 Å². The number of carbonyl (C=O) groups is 2. The summed E-state index contributed by atoms with van der Waals surface area (Å²) >= 11 is 0. The molecule has 0 aromatic heterocycles. The fraction of sp³-hybridized carbons (Fsp3) is 0.692. The summed E-state index contributed by atoms with van der Waals surface area (Å²) < 4.78 is 5.92. The Kier molecular flexibility index (Phi) is 2.03. The van der Waals surface area contributed by atoms with Crippen LogP contribution in [0.4, 0.5) is 0 Å². The summed E-state index contributed by atoms with van der Waals surface area (Å²) in [7, 11) is 0. The van der Waals surface area contributed by atoms with Gasteiger partial charge in [-0.2, -0.15) is 0 Å². The SMILES string of the molecule is CC1=CC2C3OC(C)(C2C1=O)C1(CC1)C3=O.[V]. The number of hydrogen-bond acceptors (Lipinski definition) is 3. The van der Waals surface area contributed by atoms with Crippen molar-refractivity contribution in [2.75, 3.05) is 0 Å². The molecule has 3 fully saturated rings. The van der Waals surface area contributed by atoms with Crippen LogP contribution in [0.5, 0.6) is 0 Å². The third-order valence-corrected chi connectivity index (χ3v) is 5.24. The number of hydrogen-bond donors (Lipinski definition) is 0. The van der Waals surface area contributed by atoms with Gasteiger partial charge in [0.25, 0.3) is 0 Å². The van der Waals surface area contributed by atoms with Gasteiger partial charge in [-0.25, -0.2) is 0 Å². The maximum absolute atomic E-state index is 12.2. The van der Waals surface area contributed by atoms with Gasteiger partial charge < -0.3 is 4.74 Å². The third kappa shape index (κ3) is 0.972. The molecular weight excluding hydrogens is 255 g/mol. The molecule has 0 amide bonds. The van der Waals surface area contributed by atoms with Crippen LogP contribution in [-0.2, 0) is 32.9 Å². The van der Waals surface area contributed by atoms with Crippen molar-refractivity contribution in [3.63, 3.8) is 0 Å². The maximum atomic E-state index is 12.2. The summed E-state index contributed by atoms with van der Waals surface area (Å²) in [5, 5.41) is 0. The molecule has 2 heterocycles. The molecule has 2 aliphatic carbocycles. The summed E-state index contributed by atoms with van der Waals surface area (Å²) in [6.45, 7) is 3.83. The first-order valence-electron chi connectivity index (χ1n) is 5.96. The van der Waals surface area contributed by atoms with Gasteiger partial charge in [0.15, 0.2) is 11.6 Å². The topological polar surface area (TPSA) is 43.4 Å². The van der Waals surface area contributed by atoms with Gasteiger partial charge in [0.2, 0.25) is 0 Å². The zero-order valence-electron chi connectivity index (χ0n) is 9.90. The molecule has 1 radical (unpaired) electrons. The molecule has 4 atom stereocenters. The molecule has 0 aromatic rings. The van der Waals surface area contributed by atoms with Gasteiger partial charge in [0, 0.05) is 24.5 Å². The number of fused-ring (bicyclic) bond motifs is 6. The van der Waals surface area contributed by atoms with Crippen LogP contribution < -0.4 is 0 Å². The van der Waals surface area contributed by atoms with Gasteiger partial charge in [-0.3, -0.25) is 9.59 Å². The molecule has 2 aliphatic heterocycles. The average molecular weight is 269 g/mol. The summed E-state index contributed by atoms with van der Waals surface area (Å²) in [5.41, 5.74) is 0.0116. The van der Waals surface area contributed by atoms with Gasteiger partial charge in [0.1, 0.15) is 6.10 Å². The summed E-state index contributed by atoms with van der Waals surface area (Å²) in [6, 6.07) is 0. The van der Waals surface area contributed by atoms with E-state index in [0.29, 0.717) is 0 Å². The van der Waals surface area contributed by atoms with Gasteiger partial charge in [-0.05, 0) is 32.3 Å². The molecule has 2 bridgehead atoms. The van der Waals surface area contributed by atoms with Gasteiger partial charge >= 0.3 is 0 Å². The minimum Gasteiger partial charge on any atom is -0.362 e. The number of ketones is 2. The minimum absolute atomic E-state index is 0. The zero-order chi connectivity index (χ0) is 11.3. The van der Waals surface area contributed by atoms with E-state index in [1.807, 2.05) is 19.9 Å². The fourth-order valence-electron chi connectivity index (χ4n) is 4.21. The van der Waals surface area contributed by atoms with E-state index in [1.54, 1.807) is 0 Å². The molecule has 1 spiro atoms. The van der Waals surface area contributed by atoms with Crippen molar-refractivity contribution >= 4 is 11.6 Å². The van der Waals surface area contributed by atoms with Crippen LogP contribution in [0.2, 0.25) is 0 Å². The van der Waals surface area contributed by atoms with Crippen molar-refractivity contribution in [2.45, 2.75) is 38.4 Å². The van der Waals surface area contributed by atoms with Crippen molar-refractivity contribution < 1.29 is 32.9 Å². The Morgan fingerprint density at radius 3 is 2.59 bits per heavy atom. The largest absolute Gasteiger partial charge is 0.362 e. The van der Waals surface area contributed by atoms with Crippen LogP contribution in [0, 0.1) is 17.3 Å². The molecular formula is C13H14O3V. The fourth-order valence-corrected chi connectivity index (χ4v) is 4.21. The van der Waals surface area contributed by atoms with Crippen molar-refractivity contribution in [1.82, 2.24) is 0 Å². The monoisotopic (exact) mass is 269 g/mol. The van der Waals surface area contributed by atoms with E-state index in [2.05, 4.69) is 0 Å². The number of carbonyl (C=O) groups excluding carboxylic acids is 2. The van der Waals surface area contributed by atoms with Crippen LogP contribution in [0.15, 0.2) is 11.6 Å². The normalized spacial score (nSPS) is 48.1. The molecule has 89 valence electrons. The van der Waals surface area contributed by atoms with E-state index in [0.717, 1.165) is 18.4 Å². The molecule has 0 N–H and O–H groups in total. The van der Waals surface area contributed by atoms with E-state index >= 15 is 0 Å². The Hall–Kier alpha value is -0.376. The second-order valence-electron chi connectivity index (χ2n) is 5.86. The first-order chi connectivity index (χ1) is 7.51. The first kappa shape index (κ1) is 11.7. The second-order valence-corrected chi connectivity index (χ2v) is 5.86.